The Balaban J connectivity index is 3.30. The molecule has 0 radical (unpaired) electrons. The Morgan fingerprint density at radius 2 is 2.00 bits per heavy atom. The second-order valence-corrected chi connectivity index (χ2v) is 6.44. The summed E-state index contributed by atoms with van der Waals surface area (Å²) in [5, 5.41) is 7.54. The van der Waals surface area contributed by atoms with Crippen LogP contribution in [-0.2, 0) is 10.0 Å². The van der Waals surface area contributed by atoms with Crippen LogP contribution in [0.3, 0.4) is 0 Å². The van der Waals surface area contributed by atoms with Gasteiger partial charge in [-0.1, -0.05) is 30.1 Å². The maximum Gasteiger partial charge on any atom is 0.253 e. The maximum absolute atomic E-state index is 12.0. The van der Waals surface area contributed by atoms with Crippen molar-refractivity contribution in [3.8, 4) is 0 Å². The van der Waals surface area contributed by atoms with Gasteiger partial charge in [-0.15, -0.1) is 0 Å². The van der Waals surface area contributed by atoms with E-state index >= 15 is 0 Å². The highest BCUT2D eigenvalue weighted by Gasteiger charge is 2.21. The summed E-state index contributed by atoms with van der Waals surface area (Å²) in [6.07, 6.45) is 0.728. The van der Waals surface area contributed by atoms with E-state index in [0.29, 0.717) is 0 Å². The molecule has 0 aliphatic rings. The normalized spacial score (nSPS) is 13.1. The molecular formula is C11H14Cl2N2O3S. The minimum atomic E-state index is -4.04. The molecule has 0 aromatic heterocycles. The minimum Gasteiger partial charge on any atom is -0.350 e. The Morgan fingerprint density at radius 1 is 1.42 bits per heavy atom. The summed E-state index contributed by atoms with van der Waals surface area (Å²) in [7, 11) is -4.04. The van der Waals surface area contributed by atoms with Crippen LogP contribution in [0.1, 0.15) is 30.6 Å². The summed E-state index contributed by atoms with van der Waals surface area (Å²) in [4.78, 5) is 11.6. The fourth-order valence-electron chi connectivity index (χ4n) is 1.34. The minimum absolute atomic E-state index is 0.0153. The molecule has 1 aromatic carbocycles. The molecule has 3 N–H and O–H groups in total. The lowest BCUT2D eigenvalue weighted by atomic mass is 10.2. The molecule has 0 aliphatic carbocycles. The molecule has 0 heterocycles. The molecule has 0 saturated carbocycles. The lowest BCUT2D eigenvalue weighted by Gasteiger charge is -2.13. The Hall–Kier alpha value is -0.820. The van der Waals surface area contributed by atoms with Crippen LogP contribution in [0.4, 0.5) is 0 Å². The standard InChI is InChI=1S/C11H14Cl2N2O3S/c1-3-6(2)15-11(16)8-4-7(12)5-9(10(8)13)19(14,17)18/h4-6H,3H2,1-2H3,(H,15,16)(H2,14,17,18). The van der Waals surface area contributed by atoms with Crippen molar-refractivity contribution in [2.24, 2.45) is 5.14 Å². The molecule has 0 saturated heterocycles. The van der Waals surface area contributed by atoms with Gasteiger partial charge in [-0.3, -0.25) is 4.79 Å². The van der Waals surface area contributed by atoms with E-state index < -0.39 is 15.9 Å². The lowest BCUT2D eigenvalue weighted by Crippen LogP contribution is -2.32. The van der Waals surface area contributed by atoms with Crippen LogP contribution in [0.25, 0.3) is 0 Å². The molecule has 8 heteroatoms. The second kappa shape index (κ2) is 6.09. The first-order chi connectivity index (χ1) is 8.66. The van der Waals surface area contributed by atoms with Crippen molar-refractivity contribution >= 4 is 39.1 Å². The number of amides is 1. The predicted octanol–water partition coefficient (Wildman–Crippen LogP) is 2.17. The van der Waals surface area contributed by atoms with Crippen LogP contribution in [-0.4, -0.2) is 20.4 Å². The first-order valence-electron chi connectivity index (χ1n) is 5.49. The highest BCUT2D eigenvalue weighted by molar-refractivity contribution is 7.89. The summed E-state index contributed by atoms with van der Waals surface area (Å²) in [5.74, 6) is -0.494. The van der Waals surface area contributed by atoms with Crippen molar-refractivity contribution in [1.29, 1.82) is 0 Å². The van der Waals surface area contributed by atoms with Crippen molar-refractivity contribution in [3.63, 3.8) is 0 Å². The molecule has 5 nitrogen and oxygen atoms in total. The van der Waals surface area contributed by atoms with Crippen molar-refractivity contribution < 1.29 is 13.2 Å². The van der Waals surface area contributed by atoms with Crippen molar-refractivity contribution in [2.75, 3.05) is 0 Å². The van der Waals surface area contributed by atoms with Crippen molar-refractivity contribution in [1.82, 2.24) is 5.32 Å². The van der Waals surface area contributed by atoms with Gasteiger partial charge in [-0.2, -0.15) is 0 Å². The van der Waals surface area contributed by atoms with E-state index in [0.717, 1.165) is 12.5 Å². The molecular weight excluding hydrogens is 311 g/mol. The summed E-state index contributed by atoms with van der Waals surface area (Å²) in [6.45, 7) is 3.72. The summed E-state index contributed by atoms with van der Waals surface area (Å²) in [5.41, 5.74) is -0.0153. The third kappa shape index (κ3) is 4.07. The van der Waals surface area contributed by atoms with Gasteiger partial charge >= 0.3 is 0 Å². The molecule has 19 heavy (non-hydrogen) atoms. The highest BCUT2D eigenvalue weighted by Crippen LogP contribution is 2.28. The molecule has 1 rings (SSSR count). The van der Waals surface area contributed by atoms with Gasteiger partial charge in [0.15, 0.2) is 0 Å². The third-order valence-electron chi connectivity index (χ3n) is 2.55. The molecule has 0 spiro atoms. The number of hydrogen-bond acceptors (Lipinski definition) is 3. The van der Waals surface area contributed by atoms with E-state index in [1.807, 2.05) is 13.8 Å². The number of nitrogens with one attached hydrogen (secondary N) is 1. The Morgan fingerprint density at radius 3 is 2.47 bits per heavy atom. The van der Waals surface area contributed by atoms with Crippen LogP contribution in [0, 0.1) is 0 Å². The van der Waals surface area contributed by atoms with Gasteiger partial charge in [0.05, 0.1) is 10.6 Å². The van der Waals surface area contributed by atoms with Gasteiger partial charge in [0.1, 0.15) is 4.90 Å². The number of sulfonamides is 1. The van der Waals surface area contributed by atoms with Crippen LogP contribution in [0.15, 0.2) is 17.0 Å². The second-order valence-electron chi connectivity index (χ2n) is 4.09. The fourth-order valence-corrected chi connectivity index (χ4v) is 2.79. The number of carbonyl (C=O) groups is 1. The number of carbonyl (C=O) groups excluding carboxylic acids is 1. The zero-order chi connectivity index (χ0) is 14.8. The topological polar surface area (TPSA) is 89.3 Å². The smallest absolute Gasteiger partial charge is 0.253 e. The number of rotatable bonds is 4. The zero-order valence-corrected chi connectivity index (χ0v) is 12.7. The van der Waals surface area contributed by atoms with Gasteiger partial charge < -0.3 is 5.32 Å². The van der Waals surface area contributed by atoms with Crippen LogP contribution < -0.4 is 10.5 Å². The highest BCUT2D eigenvalue weighted by atomic mass is 35.5. The van der Waals surface area contributed by atoms with E-state index in [-0.39, 0.29) is 26.5 Å². The molecule has 1 amide bonds. The fraction of sp³-hybridized carbons (Fsp3) is 0.364. The van der Waals surface area contributed by atoms with E-state index in [9.17, 15) is 13.2 Å². The lowest BCUT2D eigenvalue weighted by molar-refractivity contribution is 0.0939. The van der Waals surface area contributed by atoms with E-state index in [2.05, 4.69) is 5.32 Å². The van der Waals surface area contributed by atoms with Crippen LogP contribution in [0.5, 0.6) is 0 Å². The predicted molar refractivity (Wildman–Crippen MR) is 75.1 cm³/mol. The quantitative estimate of drug-likeness (QED) is 0.889. The molecule has 0 aliphatic heterocycles. The molecule has 106 valence electrons. The number of nitrogens with two attached hydrogens (primary N) is 1. The average Bonchev–Trinajstić information content (AvgIpc) is 2.29. The Bertz CT molecular complexity index is 602. The number of halogens is 2. The van der Waals surface area contributed by atoms with Crippen LogP contribution in [0.2, 0.25) is 10.0 Å². The summed E-state index contributed by atoms with van der Waals surface area (Å²) in [6, 6.07) is 2.34. The van der Waals surface area contributed by atoms with E-state index in [4.69, 9.17) is 28.3 Å². The molecule has 1 atom stereocenters. The maximum atomic E-state index is 12.0. The van der Waals surface area contributed by atoms with E-state index in [1.54, 1.807) is 0 Å². The average molecular weight is 325 g/mol. The Labute approximate surface area is 122 Å². The number of hydrogen-bond donors (Lipinski definition) is 2. The van der Waals surface area contributed by atoms with Crippen molar-refractivity contribution in [2.45, 2.75) is 31.2 Å². The van der Waals surface area contributed by atoms with Gasteiger partial charge in [0.2, 0.25) is 10.0 Å². The molecule has 0 bridgehead atoms. The van der Waals surface area contributed by atoms with Gasteiger partial charge in [-0.25, -0.2) is 13.6 Å². The van der Waals surface area contributed by atoms with Crippen molar-refractivity contribution in [3.05, 3.63) is 27.7 Å². The summed E-state index contributed by atoms with van der Waals surface area (Å²) >= 11 is 11.7. The van der Waals surface area contributed by atoms with Crippen LogP contribution >= 0.6 is 23.2 Å². The number of benzene rings is 1. The van der Waals surface area contributed by atoms with Gasteiger partial charge in [-0.05, 0) is 25.5 Å². The molecule has 1 aromatic rings. The molecule has 0 fully saturated rings. The van der Waals surface area contributed by atoms with E-state index in [1.165, 1.54) is 6.07 Å². The monoisotopic (exact) mass is 324 g/mol. The first-order valence-corrected chi connectivity index (χ1v) is 7.79. The first kappa shape index (κ1) is 16.2. The summed E-state index contributed by atoms with van der Waals surface area (Å²) < 4.78 is 22.7. The largest absolute Gasteiger partial charge is 0.350 e. The Kier molecular flexibility index (Phi) is 5.20. The third-order valence-corrected chi connectivity index (χ3v) is 4.22. The SMILES string of the molecule is CCC(C)NC(=O)c1cc(Cl)cc(S(N)(=O)=O)c1Cl. The zero-order valence-electron chi connectivity index (χ0n) is 10.4. The number of primary sulfonamides is 1. The van der Waals surface area contributed by atoms with Gasteiger partial charge in [0, 0.05) is 11.1 Å². The molecule has 1 unspecified atom stereocenters. The van der Waals surface area contributed by atoms with Gasteiger partial charge in [0.25, 0.3) is 5.91 Å².